The third kappa shape index (κ3) is 2.38. The molecule has 0 atom stereocenters. The zero-order valence-electron chi connectivity index (χ0n) is 12.1. The summed E-state index contributed by atoms with van der Waals surface area (Å²) < 4.78 is 0. The van der Waals surface area contributed by atoms with Crippen molar-refractivity contribution in [2.45, 2.75) is 38.6 Å². The van der Waals surface area contributed by atoms with Crippen molar-refractivity contribution >= 4 is 5.69 Å². The lowest BCUT2D eigenvalue weighted by atomic mass is 9.76. The van der Waals surface area contributed by atoms with Crippen molar-refractivity contribution in [1.29, 1.82) is 0 Å². The van der Waals surface area contributed by atoms with Gasteiger partial charge in [0.2, 0.25) is 0 Å². The molecule has 20 heavy (non-hydrogen) atoms. The van der Waals surface area contributed by atoms with Gasteiger partial charge in [0.15, 0.2) is 0 Å². The van der Waals surface area contributed by atoms with Crippen LogP contribution in [-0.4, -0.2) is 11.1 Å². The number of hydrogen-bond donors (Lipinski definition) is 2. The van der Waals surface area contributed by atoms with Crippen LogP contribution in [0.4, 0.5) is 5.69 Å². The van der Waals surface area contributed by atoms with Crippen molar-refractivity contribution in [2.75, 3.05) is 5.32 Å². The Morgan fingerprint density at radius 1 is 1.00 bits per heavy atom. The molecular formula is C18H21NO. The fourth-order valence-corrected chi connectivity index (χ4v) is 2.94. The first kappa shape index (κ1) is 13.0. The third-order valence-corrected chi connectivity index (χ3v) is 4.40. The second-order valence-electron chi connectivity index (χ2n) is 5.82. The summed E-state index contributed by atoms with van der Waals surface area (Å²) in [6.07, 6.45) is 2.33. The van der Waals surface area contributed by atoms with Gasteiger partial charge in [-0.2, -0.15) is 0 Å². The number of anilines is 1. The van der Waals surface area contributed by atoms with Gasteiger partial charge in [-0.05, 0) is 49.8 Å². The standard InChI is InChI=1S/C18H21NO/c1-12-8-9-17(13(2)18(12)20)19-16-10-15(11-16)14-6-4-3-5-7-14/h3-9,15-16,19-20H,10-11H2,1-2H3. The maximum absolute atomic E-state index is 9.98. The van der Waals surface area contributed by atoms with Gasteiger partial charge >= 0.3 is 0 Å². The highest BCUT2D eigenvalue weighted by atomic mass is 16.3. The van der Waals surface area contributed by atoms with Crippen molar-refractivity contribution in [3.63, 3.8) is 0 Å². The first-order valence-corrected chi connectivity index (χ1v) is 7.26. The lowest BCUT2D eigenvalue weighted by Gasteiger charge is -2.37. The van der Waals surface area contributed by atoms with Crippen LogP contribution in [0.1, 0.15) is 35.4 Å². The van der Waals surface area contributed by atoms with E-state index in [9.17, 15) is 5.11 Å². The Morgan fingerprint density at radius 2 is 1.70 bits per heavy atom. The molecule has 3 rings (SSSR count). The summed E-state index contributed by atoms with van der Waals surface area (Å²) in [6.45, 7) is 3.90. The minimum Gasteiger partial charge on any atom is -0.507 e. The van der Waals surface area contributed by atoms with Gasteiger partial charge in [-0.15, -0.1) is 0 Å². The predicted molar refractivity (Wildman–Crippen MR) is 83.4 cm³/mol. The Hall–Kier alpha value is -1.96. The van der Waals surface area contributed by atoms with E-state index in [-0.39, 0.29) is 0 Å². The molecule has 0 amide bonds. The summed E-state index contributed by atoms with van der Waals surface area (Å²) in [4.78, 5) is 0. The number of aryl methyl sites for hydroxylation is 1. The molecule has 0 heterocycles. The van der Waals surface area contributed by atoms with E-state index in [1.807, 2.05) is 19.9 Å². The number of phenolic OH excluding ortho intramolecular Hbond substituents is 1. The van der Waals surface area contributed by atoms with E-state index in [4.69, 9.17) is 0 Å². The van der Waals surface area contributed by atoms with Gasteiger partial charge in [0.05, 0.1) is 0 Å². The van der Waals surface area contributed by atoms with Crippen molar-refractivity contribution < 1.29 is 5.11 Å². The Morgan fingerprint density at radius 3 is 2.40 bits per heavy atom. The van der Waals surface area contributed by atoms with Gasteiger partial charge < -0.3 is 10.4 Å². The average Bonchev–Trinajstić information content (AvgIpc) is 2.43. The molecular weight excluding hydrogens is 246 g/mol. The minimum absolute atomic E-state index is 0.411. The van der Waals surface area contributed by atoms with Crippen molar-refractivity contribution in [3.8, 4) is 5.75 Å². The molecule has 1 fully saturated rings. The molecule has 0 radical (unpaired) electrons. The molecule has 2 heteroatoms. The normalized spacial score (nSPS) is 21.3. The smallest absolute Gasteiger partial charge is 0.123 e. The van der Waals surface area contributed by atoms with Crippen LogP contribution in [0, 0.1) is 13.8 Å². The van der Waals surface area contributed by atoms with Crippen LogP contribution < -0.4 is 5.32 Å². The van der Waals surface area contributed by atoms with Crippen molar-refractivity contribution in [3.05, 3.63) is 59.2 Å². The van der Waals surface area contributed by atoms with Crippen LogP contribution in [-0.2, 0) is 0 Å². The molecule has 2 N–H and O–H groups in total. The second kappa shape index (κ2) is 5.20. The molecule has 0 aromatic heterocycles. The van der Waals surface area contributed by atoms with E-state index in [1.165, 1.54) is 5.56 Å². The van der Waals surface area contributed by atoms with E-state index in [1.54, 1.807) is 0 Å². The lowest BCUT2D eigenvalue weighted by molar-refractivity contribution is 0.374. The number of benzene rings is 2. The monoisotopic (exact) mass is 267 g/mol. The summed E-state index contributed by atoms with van der Waals surface area (Å²) in [5.41, 5.74) is 4.38. The summed E-state index contributed by atoms with van der Waals surface area (Å²) >= 11 is 0. The van der Waals surface area contributed by atoms with Crippen LogP contribution in [0.5, 0.6) is 5.75 Å². The molecule has 0 unspecified atom stereocenters. The van der Waals surface area contributed by atoms with Crippen molar-refractivity contribution in [1.82, 2.24) is 0 Å². The topological polar surface area (TPSA) is 32.3 Å². The third-order valence-electron chi connectivity index (χ3n) is 4.40. The summed E-state index contributed by atoms with van der Waals surface area (Å²) in [7, 11) is 0. The van der Waals surface area contributed by atoms with E-state index < -0.39 is 0 Å². The maximum Gasteiger partial charge on any atom is 0.123 e. The summed E-state index contributed by atoms with van der Waals surface area (Å²) in [5.74, 6) is 1.09. The molecule has 1 aliphatic rings. The van der Waals surface area contributed by atoms with Crippen LogP contribution in [0.2, 0.25) is 0 Å². The Balaban J connectivity index is 1.63. The molecule has 0 spiro atoms. The number of nitrogens with one attached hydrogen (secondary N) is 1. The summed E-state index contributed by atoms with van der Waals surface area (Å²) in [6, 6.07) is 15.3. The first-order chi connectivity index (χ1) is 9.65. The fraction of sp³-hybridized carbons (Fsp3) is 0.333. The minimum atomic E-state index is 0.411. The first-order valence-electron chi connectivity index (χ1n) is 7.26. The molecule has 2 nitrogen and oxygen atoms in total. The van der Waals surface area contributed by atoms with Gasteiger partial charge in [-0.3, -0.25) is 0 Å². The van der Waals surface area contributed by atoms with Crippen LogP contribution in [0.25, 0.3) is 0 Å². The van der Waals surface area contributed by atoms with Crippen LogP contribution in [0.15, 0.2) is 42.5 Å². The van der Waals surface area contributed by atoms with E-state index in [2.05, 4.69) is 41.7 Å². The second-order valence-corrected chi connectivity index (χ2v) is 5.82. The highest BCUT2D eigenvalue weighted by molar-refractivity contribution is 5.59. The predicted octanol–water partition coefficient (Wildman–Crippen LogP) is 4.37. The molecule has 1 saturated carbocycles. The highest BCUT2D eigenvalue weighted by Gasteiger charge is 2.30. The lowest BCUT2D eigenvalue weighted by Crippen LogP contribution is -2.34. The molecule has 0 saturated heterocycles. The molecule has 2 aromatic rings. The fourth-order valence-electron chi connectivity index (χ4n) is 2.94. The average molecular weight is 267 g/mol. The number of phenols is 1. The van der Waals surface area contributed by atoms with Gasteiger partial charge in [0, 0.05) is 17.3 Å². The highest BCUT2D eigenvalue weighted by Crippen LogP contribution is 2.39. The van der Waals surface area contributed by atoms with Gasteiger partial charge in [-0.25, -0.2) is 0 Å². The van der Waals surface area contributed by atoms with Crippen molar-refractivity contribution in [2.24, 2.45) is 0 Å². The Labute approximate surface area is 120 Å². The van der Waals surface area contributed by atoms with E-state index in [0.29, 0.717) is 17.7 Å². The number of rotatable bonds is 3. The van der Waals surface area contributed by atoms with Crippen LogP contribution >= 0.6 is 0 Å². The summed E-state index contributed by atoms with van der Waals surface area (Å²) in [5, 5.41) is 13.5. The van der Waals surface area contributed by atoms with E-state index >= 15 is 0 Å². The largest absolute Gasteiger partial charge is 0.507 e. The number of aromatic hydroxyl groups is 1. The molecule has 2 aromatic carbocycles. The zero-order chi connectivity index (χ0) is 14.1. The number of hydrogen-bond acceptors (Lipinski definition) is 2. The van der Waals surface area contributed by atoms with E-state index in [0.717, 1.165) is 29.7 Å². The Kier molecular flexibility index (Phi) is 3.39. The molecule has 0 bridgehead atoms. The van der Waals surface area contributed by atoms with Gasteiger partial charge in [-0.1, -0.05) is 36.4 Å². The molecule has 104 valence electrons. The van der Waals surface area contributed by atoms with Gasteiger partial charge in [0.1, 0.15) is 5.75 Å². The SMILES string of the molecule is Cc1ccc(NC2CC(c3ccccc3)C2)c(C)c1O. The zero-order valence-corrected chi connectivity index (χ0v) is 12.1. The molecule has 0 aliphatic heterocycles. The maximum atomic E-state index is 9.98. The Bertz CT molecular complexity index is 600. The molecule has 1 aliphatic carbocycles. The quantitative estimate of drug-likeness (QED) is 0.865. The van der Waals surface area contributed by atoms with Crippen LogP contribution in [0.3, 0.4) is 0 Å². The van der Waals surface area contributed by atoms with Gasteiger partial charge in [0.25, 0.3) is 0 Å².